The molecule has 4 N–H and O–H groups in total. The third-order valence-electron chi connectivity index (χ3n) is 3.76. The minimum absolute atomic E-state index is 0.0603. The molecule has 0 spiro atoms. The summed E-state index contributed by atoms with van der Waals surface area (Å²) in [7, 11) is 1.76. The summed E-state index contributed by atoms with van der Waals surface area (Å²) in [5.74, 6) is 0.0603. The first kappa shape index (κ1) is 15.1. The van der Waals surface area contributed by atoms with Crippen LogP contribution >= 0.6 is 11.6 Å². The predicted molar refractivity (Wildman–Crippen MR) is 79.2 cm³/mol. The Kier molecular flexibility index (Phi) is 5.23. The summed E-state index contributed by atoms with van der Waals surface area (Å²) < 4.78 is 5.35. The van der Waals surface area contributed by atoms with Crippen LogP contribution in [0.4, 0.5) is 0 Å². The van der Waals surface area contributed by atoms with Crippen LogP contribution in [0.2, 0.25) is 5.02 Å². The lowest BCUT2D eigenvalue weighted by Crippen LogP contribution is -2.26. The highest BCUT2D eigenvalue weighted by Gasteiger charge is 2.23. The van der Waals surface area contributed by atoms with E-state index in [1.807, 2.05) is 6.07 Å². The van der Waals surface area contributed by atoms with Crippen LogP contribution < -0.4 is 11.1 Å². The number of nitrogens with two attached hydrogens (primary N) is 1. The van der Waals surface area contributed by atoms with Crippen molar-refractivity contribution in [3.8, 4) is 0 Å². The van der Waals surface area contributed by atoms with Crippen LogP contribution in [0.5, 0.6) is 0 Å². The largest absolute Gasteiger partial charge is 0.409 e. The third kappa shape index (κ3) is 3.62. The van der Waals surface area contributed by atoms with Crippen molar-refractivity contribution in [1.82, 2.24) is 5.32 Å². The summed E-state index contributed by atoms with van der Waals surface area (Å²) in [6, 6.07) is 5.87. The normalized spacial score (nSPS) is 23.2. The molecule has 0 aromatic heterocycles. The van der Waals surface area contributed by atoms with E-state index in [9.17, 15) is 0 Å². The lowest BCUT2D eigenvalue weighted by molar-refractivity contribution is 0.107. The molecule has 5 nitrogen and oxygen atoms in total. The molecular formula is C14H20ClN3O2. The van der Waals surface area contributed by atoms with Crippen LogP contribution in [0.1, 0.15) is 30.4 Å². The van der Waals surface area contributed by atoms with Gasteiger partial charge in [-0.25, -0.2) is 0 Å². The summed E-state index contributed by atoms with van der Waals surface area (Å²) in [6.07, 6.45) is 3.63. The van der Waals surface area contributed by atoms with Gasteiger partial charge in [-0.3, -0.25) is 0 Å². The van der Waals surface area contributed by atoms with Gasteiger partial charge in [0.05, 0.1) is 6.10 Å². The van der Waals surface area contributed by atoms with Gasteiger partial charge in [0.2, 0.25) is 0 Å². The van der Waals surface area contributed by atoms with Crippen LogP contribution in [-0.4, -0.2) is 30.3 Å². The van der Waals surface area contributed by atoms with Crippen LogP contribution in [-0.2, 0) is 11.3 Å². The minimum Gasteiger partial charge on any atom is -0.409 e. The Balaban J connectivity index is 1.94. The van der Waals surface area contributed by atoms with E-state index in [1.54, 1.807) is 19.2 Å². The first-order valence-electron chi connectivity index (χ1n) is 6.66. The highest BCUT2D eigenvalue weighted by molar-refractivity contribution is 6.31. The molecule has 0 heterocycles. The molecule has 6 heteroatoms. The Morgan fingerprint density at radius 1 is 1.55 bits per heavy atom. The van der Waals surface area contributed by atoms with Crippen molar-refractivity contribution < 1.29 is 9.94 Å². The summed E-state index contributed by atoms with van der Waals surface area (Å²) in [6.45, 7) is 0.705. The van der Waals surface area contributed by atoms with Crippen molar-refractivity contribution in [3.63, 3.8) is 0 Å². The molecule has 0 aliphatic heterocycles. The zero-order valence-electron chi connectivity index (χ0n) is 11.5. The molecule has 110 valence electrons. The molecule has 2 atom stereocenters. The molecule has 1 aliphatic rings. The standard InChI is InChI=1S/C14H20ClN3O2/c1-20-12-5-4-11(7-12)17-8-10-3-2-9(6-13(10)15)14(16)18-19/h2-3,6,11-12,17,19H,4-5,7-8H2,1H3,(H2,16,18). The SMILES string of the molecule is COC1CCC(NCc2ccc(/C(N)=N/O)cc2Cl)C1. The molecule has 0 saturated heterocycles. The highest BCUT2D eigenvalue weighted by Crippen LogP contribution is 2.23. The van der Waals surface area contributed by atoms with Gasteiger partial charge in [-0.15, -0.1) is 0 Å². The van der Waals surface area contributed by atoms with Crippen LogP contribution in [0, 0.1) is 0 Å². The van der Waals surface area contributed by atoms with Crippen LogP contribution in [0.3, 0.4) is 0 Å². The lowest BCUT2D eigenvalue weighted by atomic mass is 10.1. The molecule has 0 amide bonds. The molecule has 1 aliphatic carbocycles. The maximum Gasteiger partial charge on any atom is 0.170 e. The van der Waals surface area contributed by atoms with Gasteiger partial charge in [0, 0.05) is 30.3 Å². The maximum atomic E-state index is 8.64. The second-order valence-electron chi connectivity index (χ2n) is 5.04. The molecule has 1 aromatic rings. The molecule has 1 saturated carbocycles. The Morgan fingerprint density at radius 3 is 2.95 bits per heavy atom. The monoisotopic (exact) mass is 297 g/mol. The lowest BCUT2D eigenvalue weighted by Gasteiger charge is -2.14. The quantitative estimate of drug-likeness (QED) is 0.336. The van der Waals surface area contributed by atoms with Crippen molar-refractivity contribution >= 4 is 17.4 Å². The zero-order valence-corrected chi connectivity index (χ0v) is 12.2. The Labute approximate surface area is 123 Å². The Hall–Kier alpha value is -1.30. The van der Waals surface area contributed by atoms with E-state index in [4.69, 9.17) is 27.3 Å². The number of ether oxygens (including phenoxy) is 1. The number of nitrogens with zero attached hydrogens (tertiary/aromatic N) is 1. The van der Waals surface area contributed by atoms with Crippen molar-refractivity contribution in [2.75, 3.05) is 7.11 Å². The zero-order chi connectivity index (χ0) is 14.5. The van der Waals surface area contributed by atoms with Gasteiger partial charge in [0.15, 0.2) is 5.84 Å². The van der Waals surface area contributed by atoms with E-state index in [-0.39, 0.29) is 5.84 Å². The number of nitrogens with one attached hydrogen (secondary N) is 1. The molecule has 20 heavy (non-hydrogen) atoms. The van der Waals surface area contributed by atoms with Gasteiger partial charge in [0.1, 0.15) is 0 Å². The van der Waals surface area contributed by atoms with E-state index in [2.05, 4.69) is 10.5 Å². The molecule has 0 bridgehead atoms. The Bertz CT molecular complexity index is 493. The number of halogens is 1. The smallest absolute Gasteiger partial charge is 0.170 e. The van der Waals surface area contributed by atoms with Crippen molar-refractivity contribution in [2.24, 2.45) is 10.9 Å². The fraction of sp³-hybridized carbons (Fsp3) is 0.500. The molecule has 1 aromatic carbocycles. The average Bonchev–Trinajstić information content (AvgIpc) is 2.93. The number of oxime groups is 1. The second kappa shape index (κ2) is 6.92. The highest BCUT2D eigenvalue weighted by atomic mass is 35.5. The summed E-state index contributed by atoms with van der Waals surface area (Å²) in [5.41, 5.74) is 7.14. The summed E-state index contributed by atoms with van der Waals surface area (Å²) >= 11 is 6.21. The minimum atomic E-state index is 0.0603. The van der Waals surface area contributed by atoms with E-state index < -0.39 is 0 Å². The fourth-order valence-corrected chi connectivity index (χ4v) is 2.75. The topological polar surface area (TPSA) is 79.9 Å². The number of methoxy groups -OCH3 is 1. The van der Waals surface area contributed by atoms with Crippen molar-refractivity contribution in [3.05, 3.63) is 34.3 Å². The van der Waals surface area contributed by atoms with Gasteiger partial charge in [-0.05, 0) is 30.9 Å². The van der Waals surface area contributed by atoms with Gasteiger partial charge in [-0.1, -0.05) is 28.9 Å². The van der Waals surface area contributed by atoms with Gasteiger partial charge < -0.3 is 21.0 Å². The first-order valence-corrected chi connectivity index (χ1v) is 7.04. The third-order valence-corrected chi connectivity index (χ3v) is 4.11. The van der Waals surface area contributed by atoms with E-state index >= 15 is 0 Å². The number of amidine groups is 1. The first-order chi connectivity index (χ1) is 9.63. The summed E-state index contributed by atoms with van der Waals surface area (Å²) in [4.78, 5) is 0. The van der Waals surface area contributed by atoms with E-state index in [0.717, 1.165) is 24.8 Å². The number of hydrogen-bond donors (Lipinski definition) is 3. The average molecular weight is 298 g/mol. The molecule has 2 rings (SSSR count). The Morgan fingerprint density at radius 2 is 2.35 bits per heavy atom. The van der Waals surface area contributed by atoms with Crippen LogP contribution in [0.25, 0.3) is 0 Å². The van der Waals surface area contributed by atoms with Crippen molar-refractivity contribution in [2.45, 2.75) is 38.0 Å². The number of benzene rings is 1. The van der Waals surface area contributed by atoms with Gasteiger partial charge in [-0.2, -0.15) is 0 Å². The fourth-order valence-electron chi connectivity index (χ4n) is 2.50. The number of rotatable bonds is 5. The molecule has 1 fully saturated rings. The van der Waals surface area contributed by atoms with Crippen molar-refractivity contribution in [1.29, 1.82) is 0 Å². The predicted octanol–water partition coefficient (Wildman–Crippen LogP) is 2.09. The number of hydrogen-bond acceptors (Lipinski definition) is 4. The maximum absolute atomic E-state index is 8.64. The van der Waals surface area contributed by atoms with E-state index in [0.29, 0.717) is 29.3 Å². The summed E-state index contributed by atoms with van der Waals surface area (Å²) in [5, 5.41) is 15.7. The molecular weight excluding hydrogens is 278 g/mol. The van der Waals surface area contributed by atoms with Crippen LogP contribution in [0.15, 0.2) is 23.4 Å². The molecule has 2 unspecified atom stereocenters. The molecule has 0 radical (unpaired) electrons. The second-order valence-corrected chi connectivity index (χ2v) is 5.45. The van der Waals surface area contributed by atoms with Gasteiger partial charge in [0.25, 0.3) is 0 Å². The van der Waals surface area contributed by atoms with E-state index in [1.165, 1.54) is 0 Å². The van der Waals surface area contributed by atoms with Gasteiger partial charge >= 0.3 is 0 Å².